The van der Waals surface area contributed by atoms with Gasteiger partial charge in [0.1, 0.15) is 11.3 Å². The van der Waals surface area contributed by atoms with Gasteiger partial charge in [0.15, 0.2) is 0 Å². The number of halogens is 3. The Hall–Kier alpha value is -3.18. The first-order chi connectivity index (χ1) is 18.8. The number of pyridine rings is 1. The monoisotopic (exact) mass is 563 g/mol. The number of likely N-dealkylation sites (tertiary alicyclic amines) is 1. The van der Waals surface area contributed by atoms with Crippen molar-refractivity contribution in [2.75, 3.05) is 18.0 Å². The highest BCUT2D eigenvalue weighted by Crippen LogP contribution is 2.39. The van der Waals surface area contributed by atoms with E-state index in [0.717, 1.165) is 37.8 Å². The van der Waals surface area contributed by atoms with E-state index in [2.05, 4.69) is 11.9 Å². The van der Waals surface area contributed by atoms with E-state index in [1.54, 1.807) is 13.8 Å². The largest absolute Gasteiger partial charge is 0.478 e. The summed E-state index contributed by atoms with van der Waals surface area (Å²) in [6.07, 6.45) is -0.120. The van der Waals surface area contributed by atoms with Crippen molar-refractivity contribution < 1.29 is 37.7 Å². The molecular weight excluding hydrogens is 527 g/mol. The average molecular weight is 564 g/mol. The first kappa shape index (κ1) is 29.8. The van der Waals surface area contributed by atoms with Crippen LogP contribution in [0.1, 0.15) is 74.4 Å². The van der Waals surface area contributed by atoms with Crippen LogP contribution in [0.25, 0.3) is 0 Å². The van der Waals surface area contributed by atoms with Crippen LogP contribution in [-0.4, -0.2) is 57.2 Å². The van der Waals surface area contributed by atoms with Crippen molar-refractivity contribution >= 4 is 17.6 Å². The predicted molar refractivity (Wildman–Crippen MR) is 142 cm³/mol. The van der Waals surface area contributed by atoms with Crippen LogP contribution in [0.15, 0.2) is 30.5 Å². The molecule has 2 aromatic rings. The molecule has 1 aliphatic heterocycles. The van der Waals surface area contributed by atoms with Crippen molar-refractivity contribution in [1.29, 1.82) is 0 Å². The number of aromatic nitrogens is 1. The van der Waals surface area contributed by atoms with Gasteiger partial charge in [0, 0.05) is 37.8 Å². The van der Waals surface area contributed by atoms with Gasteiger partial charge in [-0.05, 0) is 81.7 Å². The summed E-state index contributed by atoms with van der Waals surface area (Å²) in [4.78, 5) is 32.9. The summed E-state index contributed by atoms with van der Waals surface area (Å²) >= 11 is 0. The van der Waals surface area contributed by atoms with Gasteiger partial charge in [0.2, 0.25) is 11.8 Å². The Kier molecular flexibility index (Phi) is 9.04. The average Bonchev–Trinajstić information content (AvgIpc) is 3.29. The van der Waals surface area contributed by atoms with Gasteiger partial charge in [0.05, 0.1) is 17.4 Å². The van der Waals surface area contributed by atoms with Crippen molar-refractivity contribution in [2.24, 2.45) is 11.8 Å². The maximum absolute atomic E-state index is 14.0. The molecule has 2 fully saturated rings. The number of carbonyl (C=O) groups excluding carboxylic acids is 1. The van der Waals surface area contributed by atoms with Gasteiger partial charge in [-0.25, -0.2) is 9.78 Å². The highest BCUT2D eigenvalue weighted by atomic mass is 19.4. The van der Waals surface area contributed by atoms with Crippen LogP contribution >= 0.6 is 0 Å². The molecule has 2 N–H and O–H groups in total. The van der Waals surface area contributed by atoms with Gasteiger partial charge in [-0.1, -0.05) is 6.92 Å². The second kappa shape index (κ2) is 12.1. The molecule has 1 unspecified atom stereocenters. The van der Waals surface area contributed by atoms with Crippen LogP contribution in [0.3, 0.4) is 0 Å². The number of aliphatic hydroxyl groups excluding tert-OH is 1. The molecule has 4 rings (SSSR count). The highest BCUT2D eigenvalue weighted by molar-refractivity contribution is 6.03. The Balaban J connectivity index is 1.61. The maximum atomic E-state index is 14.0. The highest BCUT2D eigenvalue weighted by Gasteiger charge is 2.37. The molecule has 0 spiro atoms. The van der Waals surface area contributed by atoms with Crippen LogP contribution < -0.4 is 9.64 Å². The van der Waals surface area contributed by atoms with Crippen LogP contribution in [0.4, 0.5) is 18.9 Å². The lowest BCUT2D eigenvalue weighted by atomic mass is 9.82. The van der Waals surface area contributed by atoms with E-state index in [4.69, 9.17) is 4.74 Å². The smallest absolute Gasteiger partial charge is 0.421 e. The first-order valence-corrected chi connectivity index (χ1v) is 13.7. The minimum atomic E-state index is -4.77. The lowest BCUT2D eigenvalue weighted by Crippen LogP contribution is -2.42. The Morgan fingerprint density at radius 3 is 2.42 bits per heavy atom. The minimum absolute atomic E-state index is 0.141. The number of anilines is 1. The van der Waals surface area contributed by atoms with Crippen molar-refractivity contribution in [3.63, 3.8) is 0 Å². The van der Waals surface area contributed by atoms with E-state index >= 15 is 0 Å². The van der Waals surface area contributed by atoms with E-state index < -0.39 is 29.7 Å². The molecule has 11 heteroatoms. The Bertz CT molecular complexity index is 1230. The fourth-order valence-electron chi connectivity index (χ4n) is 5.51. The molecule has 2 aliphatic rings. The van der Waals surface area contributed by atoms with E-state index in [1.165, 1.54) is 23.2 Å². The van der Waals surface area contributed by atoms with Gasteiger partial charge >= 0.3 is 12.1 Å². The molecule has 218 valence electrons. The lowest BCUT2D eigenvalue weighted by Gasteiger charge is -2.34. The zero-order valence-electron chi connectivity index (χ0n) is 22.9. The Labute approximate surface area is 231 Å². The van der Waals surface area contributed by atoms with Gasteiger partial charge < -0.3 is 19.8 Å². The van der Waals surface area contributed by atoms with Crippen LogP contribution in [0.5, 0.6) is 11.6 Å². The number of ether oxygens (including phenoxy) is 1. The number of benzene rings is 1. The summed E-state index contributed by atoms with van der Waals surface area (Å²) < 4.78 is 47.4. The van der Waals surface area contributed by atoms with E-state index in [9.17, 15) is 33.0 Å². The third-order valence-electron chi connectivity index (χ3n) is 7.66. The van der Waals surface area contributed by atoms with Crippen molar-refractivity contribution in [3.05, 3.63) is 47.2 Å². The SMILES string of the molecule is CC1CCC(C(=O)N(c2ccc(Oc3ncc(CN4CCC(O)C4)cc3C(F)(F)F)cc2C(=O)O)C(C)C)CC1. The molecule has 1 saturated heterocycles. The zero-order valence-corrected chi connectivity index (χ0v) is 22.9. The standard InChI is InChI=1S/C29H36F3N3O5/c1-17(2)35(27(37)20-6-4-18(3)5-7-20)25-9-8-22(13-23(25)28(38)39)40-26-24(29(30,31)32)12-19(14-33-26)15-34-11-10-21(36)16-34/h8-9,12-14,17-18,20-21,36H,4-7,10-11,15-16H2,1-3H3,(H,38,39). The molecule has 1 amide bonds. The number of aromatic carboxylic acids is 1. The summed E-state index contributed by atoms with van der Waals surface area (Å²) in [5.41, 5.74) is -0.845. The van der Waals surface area contributed by atoms with Crippen molar-refractivity contribution in [3.8, 4) is 11.6 Å². The number of rotatable bonds is 8. The lowest BCUT2D eigenvalue weighted by molar-refractivity contribution is -0.139. The third-order valence-corrected chi connectivity index (χ3v) is 7.66. The molecule has 0 bridgehead atoms. The molecule has 1 atom stereocenters. The number of β-amino-alcohol motifs (C(OH)–C–C–N with tert-alkyl or cyclic N) is 1. The van der Waals surface area contributed by atoms with Gasteiger partial charge in [0.25, 0.3) is 0 Å². The second-order valence-electron chi connectivity index (χ2n) is 11.2. The van der Waals surface area contributed by atoms with Crippen molar-refractivity contribution in [1.82, 2.24) is 9.88 Å². The van der Waals surface area contributed by atoms with Gasteiger partial charge in [-0.2, -0.15) is 13.2 Å². The van der Waals surface area contributed by atoms with E-state index in [-0.39, 0.29) is 41.4 Å². The summed E-state index contributed by atoms with van der Waals surface area (Å²) in [6, 6.07) is 4.52. The van der Waals surface area contributed by atoms with Crippen LogP contribution in [0, 0.1) is 11.8 Å². The second-order valence-corrected chi connectivity index (χ2v) is 11.2. The minimum Gasteiger partial charge on any atom is -0.478 e. The molecule has 1 saturated carbocycles. The number of amides is 1. The normalized spacial score (nSPS) is 21.9. The molecule has 8 nitrogen and oxygen atoms in total. The number of carboxylic acid groups (broad SMARTS) is 1. The molecule has 40 heavy (non-hydrogen) atoms. The van der Waals surface area contributed by atoms with E-state index in [0.29, 0.717) is 31.0 Å². The third kappa shape index (κ3) is 6.93. The number of carboxylic acids is 1. The number of aliphatic hydroxyl groups is 1. The first-order valence-electron chi connectivity index (χ1n) is 13.7. The fourth-order valence-corrected chi connectivity index (χ4v) is 5.51. The number of hydrogen-bond donors (Lipinski definition) is 2. The summed E-state index contributed by atoms with van der Waals surface area (Å²) in [7, 11) is 0. The van der Waals surface area contributed by atoms with Crippen molar-refractivity contribution in [2.45, 2.75) is 77.7 Å². The molecular formula is C29H36F3N3O5. The number of alkyl halides is 3. The number of nitrogens with zero attached hydrogens (tertiary/aromatic N) is 3. The van der Waals surface area contributed by atoms with E-state index in [1.807, 2.05) is 4.90 Å². The van der Waals surface area contributed by atoms with Gasteiger partial charge in [-0.3, -0.25) is 9.69 Å². The fraction of sp³-hybridized carbons (Fsp3) is 0.552. The zero-order chi connectivity index (χ0) is 29.2. The molecule has 1 aromatic carbocycles. The predicted octanol–water partition coefficient (Wildman–Crippen LogP) is 5.73. The Morgan fingerprint density at radius 1 is 1.15 bits per heavy atom. The summed E-state index contributed by atoms with van der Waals surface area (Å²) in [5, 5.41) is 19.7. The topological polar surface area (TPSA) is 103 Å². The number of carbonyl (C=O) groups is 2. The summed E-state index contributed by atoms with van der Waals surface area (Å²) in [5.74, 6) is -1.99. The van der Waals surface area contributed by atoms with Crippen LogP contribution in [0.2, 0.25) is 0 Å². The molecule has 2 heterocycles. The molecule has 0 radical (unpaired) electrons. The Morgan fingerprint density at radius 2 is 1.85 bits per heavy atom. The van der Waals surface area contributed by atoms with Crippen LogP contribution in [-0.2, 0) is 17.5 Å². The number of hydrogen-bond acceptors (Lipinski definition) is 6. The maximum Gasteiger partial charge on any atom is 0.421 e. The molecule has 1 aliphatic carbocycles. The van der Waals surface area contributed by atoms with Gasteiger partial charge in [-0.15, -0.1) is 0 Å². The summed E-state index contributed by atoms with van der Waals surface area (Å²) in [6.45, 7) is 6.88. The molecule has 1 aromatic heterocycles. The quantitative estimate of drug-likeness (QED) is 0.423.